The van der Waals surface area contributed by atoms with Crippen molar-refractivity contribution in [3.8, 4) is 0 Å². The van der Waals surface area contributed by atoms with Gasteiger partial charge in [0.05, 0.1) is 7.11 Å². The molecule has 0 saturated carbocycles. The largest absolute Gasteiger partial charge is 0.478 e. The maximum atomic E-state index is 10.1. The second kappa shape index (κ2) is 3.65. The van der Waals surface area contributed by atoms with Gasteiger partial charge in [-0.1, -0.05) is 0 Å². The van der Waals surface area contributed by atoms with Crippen LogP contribution in [0, 0.1) is 0 Å². The van der Waals surface area contributed by atoms with E-state index in [1.807, 2.05) is 0 Å². The lowest BCUT2D eigenvalue weighted by molar-refractivity contribution is -0.136. The predicted molar refractivity (Wildman–Crippen MR) is 28.8 cm³/mol. The minimum absolute atomic E-state index is 0.669. The summed E-state index contributed by atoms with van der Waals surface area (Å²) in [6.45, 7) is 0. The third-order valence-electron chi connectivity index (χ3n) is 0.563. The summed E-state index contributed by atoms with van der Waals surface area (Å²) in [4.78, 5) is 19.9. The van der Waals surface area contributed by atoms with Crippen molar-refractivity contribution in [3.63, 3.8) is 0 Å². The Morgan fingerprint density at radius 2 is 2.00 bits per heavy atom. The van der Waals surface area contributed by atoms with Crippen LogP contribution in [-0.4, -0.2) is 24.2 Å². The number of ether oxygens (including phenoxy) is 1. The molecule has 0 amide bonds. The molecule has 0 aliphatic heterocycles. The Morgan fingerprint density at radius 1 is 1.44 bits per heavy atom. The second-order valence-corrected chi connectivity index (χ2v) is 1.19. The summed E-state index contributed by atoms with van der Waals surface area (Å²) in [6, 6.07) is 0. The van der Waals surface area contributed by atoms with Crippen molar-refractivity contribution in [2.24, 2.45) is 0 Å². The van der Waals surface area contributed by atoms with Crippen molar-refractivity contribution in [3.05, 3.63) is 12.2 Å². The Labute approximate surface area is 51.7 Å². The monoisotopic (exact) mass is 134 g/mol. The molecule has 4 heteroatoms. The fraction of sp³-hybridized carbons (Fsp3) is 0.200. The first kappa shape index (κ1) is 7.68. The molecule has 1 N–H and O–H groups in total. The number of carbonyl (C=O) groups is 2. The van der Waals surface area contributed by atoms with Crippen LogP contribution in [0.2, 0.25) is 0 Å². The molecule has 0 aliphatic carbocycles. The van der Waals surface area contributed by atoms with Crippen LogP contribution in [0.5, 0.6) is 0 Å². The zero-order valence-electron chi connectivity index (χ0n) is 4.83. The summed E-state index contributed by atoms with van der Waals surface area (Å²) in [5.41, 5.74) is 0. The summed E-state index contributed by atoms with van der Waals surface area (Å²) < 4.78 is 4.11. The van der Waals surface area contributed by atoms with Gasteiger partial charge in [-0.3, -0.25) is 0 Å². The van der Waals surface area contributed by atoms with Gasteiger partial charge in [0.1, 0.15) is 0 Å². The molecule has 0 saturated heterocycles. The fourth-order valence-electron chi connectivity index (χ4n) is 0.207. The normalized spacial score (nSPS) is 9.44. The van der Waals surface area contributed by atoms with Gasteiger partial charge in [0.15, 0.2) is 0 Å². The molecular formula is C5H6O4. The SMILES string of the molecule is CO[13C](=O)/[13CH]=[13CH]/[13C](=O)O. The molecule has 0 spiro atoms. The molecule has 0 bridgehead atoms. The van der Waals surface area contributed by atoms with E-state index in [2.05, 4.69) is 4.74 Å². The molecule has 4 nitrogen and oxygen atoms in total. The molecule has 9 heavy (non-hydrogen) atoms. The van der Waals surface area contributed by atoms with Gasteiger partial charge in [0.25, 0.3) is 0 Å². The van der Waals surface area contributed by atoms with E-state index in [4.69, 9.17) is 5.11 Å². The van der Waals surface area contributed by atoms with E-state index in [9.17, 15) is 9.59 Å². The molecule has 0 atom stereocenters. The van der Waals surface area contributed by atoms with Gasteiger partial charge in [-0.15, -0.1) is 0 Å². The predicted octanol–water partition coefficient (Wildman–Crippen LogP) is -0.200. The molecule has 0 aromatic carbocycles. The number of hydrogen-bond acceptors (Lipinski definition) is 3. The van der Waals surface area contributed by atoms with E-state index in [0.717, 1.165) is 6.08 Å². The third-order valence-corrected chi connectivity index (χ3v) is 0.563. The van der Waals surface area contributed by atoms with Crippen molar-refractivity contribution < 1.29 is 19.4 Å². The summed E-state index contributed by atoms with van der Waals surface area (Å²) in [6.07, 6.45) is 1.55. The number of carboxylic acids is 1. The van der Waals surface area contributed by atoms with E-state index < -0.39 is 11.9 Å². The number of carboxylic acid groups (broad SMARTS) is 1. The summed E-state index contributed by atoms with van der Waals surface area (Å²) in [7, 11) is 1.18. The van der Waals surface area contributed by atoms with Crippen molar-refractivity contribution in [1.82, 2.24) is 0 Å². The van der Waals surface area contributed by atoms with Crippen LogP contribution in [0.3, 0.4) is 0 Å². The zero-order chi connectivity index (χ0) is 7.28. The van der Waals surface area contributed by atoms with Gasteiger partial charge in [-0.2, -0.15) is 0 Å². The Kier molecular flexibility index (Phi) is 3.12. The number of carbonyl (C=O) groups excluding carboxylic acids is 1. The highest BCUT2D eigenvalue weighted by atomic mass is 16.6. The lowest BCUT2D eigenvalue weighted by Crippen LogP contribution is -1.96. The first-order valence-electron chi connectivity index (χ1n) is 2.15. The topological polar surface area (TPSA) is 63.6 Å². The molecule has 50 valence electrons. The van der Waals surface area contributed by atoms with Crippen molar-refractivity contribution >= 4 is 11.9 Å². The van der Waals surface area contributed by atoms with Crippen molar-refractivity contribution in [1.29, 1.82) is 0 Å². The Morgan fingerprint density at radius 3 is 2.33 bits per heavy atom. The molecular weight excluding hydrogens is 128 g/mol. The van der Waals surface area contributed by atoms with Gasteiger partial charge in [-0.05, 0) is 0 Å². The quantitative estimate of drug-likeness (QED) is 0.322. The van der Waals surface area contributed by atoms with Crippen molar-refractivity contribution in [2.75, 3.05) is 7.11 Å². The lowest BCUT2D eigenvalue weighted by atomic mass is 11.4. The van der Waals surface area contributed by atoms with Crippen LogP contribution >= 0.6 is 0 Å². The van der Waals surface area contributed by atoms with Crippen LogP contribution in [0.25, 0.3) is 0 Å². The molecule has 0 radical (unpaired) electrons. The Hall–Kier alpha value is -1.32. The number of hydrogen-bond donors (Lipinski definition) is 1. The van der Waals surface area contributed by atoms with E-state index in [1.165, 1.54) is 7.11 Å². The van der Waals surface area contributed by atoms with E-state index in [1.54, 1.807) is 0 Å². The fourth-order valence-corrected chi connectivity index (χ4v) is 0.207. The van der Waals surface area contributed by atoms with E-state index >= 15 is 0 Å². The average molecular weight is 134 g/mol. The molecule has 0 fully saturated rings. The highest BCUT2D eigenvalue weighted by Gasteiger charge is 1.91. The van der Waals surface area contributed by atoms with Crippen LogP contribution in [-0.2, 0) is 14.3 Å². The van der Waals surface area contributed by atoms with Gasteiger partial charge < -0.3 is 9.84 Å². The molecule has 0 aromatic rings. The number of aliphatic carboxylic acids is 1. The third kappa shape index (κ3) is 4.53. The minimum atomic E-state index is -1.17. The molecule has 0 aromatic heterocycles. The van der Waals surface area contributed by atoms with E-state index in [0.29, 0.717) is 6.08 Å². The molecule has 0 rings (SSSR count). The molecule has 0 aliphatic rings. The minimum Gasteiger partial charge on any atom is -0.478 e. The van der Waals surface area contributed by atoms with Crippen LogP contribution in [0.15, 0.2) is 12.2 Å². The van der Waals surface area contributed by atoms with Gasteiger partial charge in [0, 0.05) is 12.2 Å². The lowest BCUT2D eigenvalue weighted by Gasteiger charge is -1.85. The van der Waals surface area contributed by atoms with Gasteiger partial charge >= 0.3 is 11.9 Å². The zero-order valence-corrected chi connectivity index (χ0v) is 4.83. The van der Waals surface area contributed by atoms with Crippen molar-refractivity contribution in [2.45, 2.75) is 0 Å². The average Bonchev–Trinajstić information content (AvgIpc) is 1.83. The van der Waals surface area contributed by atoms with Gasteiger partial charge in [0.2, 0.25) is 0 Å². The Balaban J connectivity index is 3.71. The summed E-state index contributed by atoms with van der Waals surface area (Å²) in [5.74, 6) is -1.84. The van der Waals surface area contributed by atoms with Crippen LogP contribution in [0.1, 0.15) is 0 Å². The van der Waals surface area contributed by atoms with Crippen LogP contribution < -0.4 is 0 Å². The standard InChI is InChI=1S/C5H6O4/c1-9-5(8)3-2-4(6)7/h2-3H,1H3,(H,6,7)/b3-2+/i2+1,3+1,4+1,5+1. The van der Waals surface area contributed by atoms with Gasteiger partial charge in [-0.25, -0.2) is 9.59 Å². The number of esters is 1. The smallest absolute Gasteiger partial charge is 0.330 e. The number of rotatable bonds is 2. The highest BCUT2D eigenvalue weighted by Crippen LogP contribution is 1.76. The van der Waals surface area contributed by atoms with E-state index in [-0.39, 0.29) is 0 Å². The first-order valence-corrected chi connectivity index (χ1v) is 2.15. The molecule has 0 unspecified atom stereocenters. The number of methoxy groups -OCH3 is 1. The first-order chi connectivity index (χ1) is 4.16. The van der Waals surface area contributed by atoms with Crippen LogP contribution in [0.4, 0.5) is 0 Å². The Bertz CT molecular complexity index is 147. The second-order valence-electron chi connectivity index (χ2n) is 1.19. The highest BCUT2D eigenvalue weighted by molar-refractivity contribution is 5.90. The summed E-state index contributed by atoms with van der Waals surface area (Å²) in [5, 5.41) is 7.96. The maximum absolute atomic E-state index is 10.1. The molecule has 0 heterocycles. The summed E-state index contributed by atoms with van der Waals surface area (Å²) >= 11 is 0. The maximum Gasteiger partial charge on any atom is 0.330 e.